The van der Waals surface area contributed by atoms with E-state index in [9.17, 15) is 8.42 Å². The van der Waals surface area contributed by atoms with Gasteiger partial charge < -0.3 is 0 Å². The Bertz CT molecular complexity index is 231. The molecular weight excluding hydrogens is 180 g/mol. The van der Waals surface area contributed by atoms with Crippen molar-refractivity contribution in [2.45, 2.75) is 31.7 Å². The molecule has 0 atom stereocenters. The zero-order valence-corrected chi connectivity index (χ0v) is 8.13. The van der Waals surface area contributed by atoms with Gasteiger partial charge in [-0.25, -0.2) is 0 Å². The molecule has 0 spiro atoms. The molecule has 0 amide bonds. The lowest BCUT2D eigenvalue weighted by Crippen LogP contribution is -2.61. The van der Waals surface area contributed by atoms with Crippen LogP contribution < -0.4 is 11.5 Å². The summed E-state index contributed by atoms with van der Waals surface area (Å²) in [6, 6.07) is 0. The Morgan fingerprint density at radius 2 is 1.67 bits per heavy atom. The van der Waals surface area contributed by atoms with Crippen LogP contribution in [0.2, 0.25) is 0 Å². The first kappa shape index (κ1) is 11.8. The van der Waals surface area contributed by atoms with E-state index in [1.165, 1.54) is 0 Å². The van der Waals surface area contributed by atoms with Gasteiger partial charge in [-0.2, -0.15) is 8.42 Å². The molecule has 0 saturated carbocycles. The molecule has 0 rings (SSSR count). The van der Waals surface area contributed by atoms with E-state index < -0.39 is 21.0 Å². The van der Waals surface area contributed by atoms with Crippen molar-refractivity contribution in [3.8, 4) is 0 Å². The Hall–Kier alpha value is -0.170. The highest BCUT2D eigenvalue weighted by molar-refractivity contribution is 7.87. The van der Waals surface area contributed by atoms with Gasteiger partial charge in [-0.15, -0.1) is 0 Å². The van der Waals surface area contributed by atoms with Crippen LogP contribution in [-0.4, -0.2) is 18.0 Å². The molecule has 0 heterocycles. The quantitative estimate of drug-likeness (QED) is 0.429. The van der Waals surface area contributed by atoms with Crippen LogP contribution >= 0.6 is 0 Å². The van der Waals surface area contributed by atoms with Crippen LogP contribution in [0.4, 0.5) is 0 Å². The Morgan fingerprint density at radius 3 is 1.75 bits per heavy atom. The molecule has 0 fully saturated rings. The summed E-state index contributed by atoms with van der Waals surface area (Å²) in [5, 5.41) is 0. The van der Waals surface area contributed by atoms with Gasteiger partial charge in [0.1, 0.15) is 0 Å². The topological polar surface area (TPSA) is 106 Å². The summed E-state index contributed by atoms with van der Waals surface area (Å²) in [5.74, 6) is -0.424. The van der Waals surface area contributed by atoms with Crippen LogP contribution in [0.5, 0.6) is 0 Å². The number of hydrogen-bond acceptors (Lipinski definition) is 4. The third-order valence-corrected chi connectivity index (χ3v) is 3.30. The van der Waals surface area contributed by atoms with E-state index in [0.717, 1.165) is 0 Å². The van der Waals surface area contributed by atoms with Crippen LogP contribution in [0, 0.1) is 5.92 Å². The molecule has 0 aromatic rings. The maximum atomic E-state index is 10.7. The second kappa shape index (κ2) is 3.69. The van der Waals surface area contributed by atoms with Crippen molar-refractivity contribution in [1.29, 1.82) is 0 Å². The normalized spacial score (nSPS) is 13.8. The standard InChI is InChI=1S/C6H16N2O3S/c1-3-5(4-2)6(7,8)12(9,10)11/h5H,3-4,7-8H2,1-2H3,(H,9,10,11). The Labute approximate surface area is 72.9 Å². The highest BCUT2D eigenvalue weighted by atomic mass is 32.2. The second-order valence-corrected chi connectivity index (χ2v) is 4.50. The first-order valence-electron chi connectivity index (χ1n) is 3.82. The lowest BCUT2D eigenvalue weighted by molar-refractivity contribution is 0.318. The van der Waals surface area contributed by atoms with Gasteiger partial charge in [-0.3, -0.25) is 16.0 Å². The van der Waals surface area contributed by atoms with Gasteiger partial charge in [-0.05, 0) is 12.8 Å². The maximum absolute atomic E-state index is 10.7. The molecule has 0 unspecified atom stereocenters. The van der Waals surface area contributed by atoms with E-state index >= 15 is 0 Å². The fourth-order valence-corrected chi connectivity index (χ4v) is 1.89. The molecule has 0 bridgehead atoms. The molecule has 0 aromatic heterocycles. The maximum Gasteiger partial charge on any atom is 0.297 e. The fourth-order valence-electron chi connectivity index (χ4n) is 1.14. The highest BCUT2D eigenvalue weighted by Gasteiger charge is 2.40. The van der Waals surface area contributed by atoms with Gasteiger partial charge in [0, 0.05) is 5.92 Å². The van der Waals surface area contributed by atoms with Crippen LogP contribution in [0.15, 0.2) is 0 Å². The SMILES string of the molecule is CCC(CC)C(N)(N)S(=O)(=O)O. The highest BCUT2D eigenvalue weighted by Crippen LogP contribution is 2.21. The summed E-state index contributed by atoms with van der Waals surface area (Å²) in [6.45, 7) is 3.54. The zero-order valence-electron chi connectivity index (χ0n) is 7.32. The third-order valence-electron chi connectivity index (χ3n) is 2.07. The second-order valence-electron chi connectivity index (χ2n) is 2.84. The van der Waals surface area contributed by atoms with E-state index in [0.29, 0.717) is 12.8 Å². The van der Waals surface area contributed by atoms with Crippen LogP contribution in [0.3, 0.4) is 0 Å². The summed E-state index contributed by atoms with van der Waals surface area (Å²) in [6.07, 6.45) is 1.03. The number of rotatable bonds is 4. The van der Waals surface area contributed by atoms with Crippen molar-refractivity contribution in [3.05, 3.63) is 0 Å². The van der Waals surface area contributed by atoms with Gasteiger partial charge in [-0.1, -0.05) is 13.8 Å². The smallest absolute Gasteiger partial charge is 0.297 e. The molecule has 0 aliphatic carbocycles. The first-order valence-corrected chi connectivity index (χ1v) is 5.26. The number of nitrogens with two attached hydrogens (primary N) is 2. The molecule has 5 nitrogen and oxygen atoms in total. The molecule has 6 heteroatoms. The van der Waals surface area contributed by atoms with E-state index in [1.54, 1.807) is 13.8 Å². The molecule has 5 N–H and O–H groups in total. The average molecular weight is 196 g/mol. The van der Waals surface area contributed by atoms with Gasteiger partial charge in [0.25, 0.3) is 10.1 Å². The number of hydrogen-bond donors (Lipinski definition) is 3. The minimum absolute atomic E-state index is 0.424. The molecule has 0 radical (unpaired) electrons. The van der Waals surface area contributed by atoms with Crippen molar-refractivity contribution in [1.82, 2.24) is 0 Å². The van der Waals surface area contributed by atoms with Crippen molar-refractivity contribution in [2.24, 2.45) is 17.4 Å². The largest absolute Gasteiger partial charge is 0.298 e. The van der Waals surface area contributed by atoms with Crippen LogP contribution in [-0.2, 0) is 10.1 Å². The van der Waals surface area contributed by atoms with Crippen molar-refractivity contribution >= 4 is 10.1 Å². The lowest BCUT2D eigenvalue weighted by atomic mass is 10.0. The Kier molecular flexibility index (Phi) is 3.64. The molecule has 12 heavy (non-hydrogen) atoms. The first-order chi connectivity index (χ1) is 5.27. The summed E-state index contributed by atoms with van der Waals surface area (Å²) in [5.41, 5.74) is 10.6. The van der Waals surface area contributed by atoms with Crippen LogP contribution in [0.25, 0.3) is 0 Å². The molecule has 74 valence electrons. The lowest BCUT2D eigenvalue weighted by Gasteiger charge is -2.28. The monoisotopic (exact) mass is 196 g/mol. The van der Waals surface area contributed by atoms with Gasteiger partial charge >= 0.3 is 0 Å². The molecule has 0 aliphatic heterocycles. The van der Waals surface area contributed by atoms with Gasteiger partial charge in [0.05, 0.1) is 0 Å². The van der Waals surface area contributed by atoms with E-state index in [1.807, 2.05) is 0 Å². The molecular formula is C6H16N2O3S. The van der Waals surface area contributed by atoms with Gasteiger partial charge in [0.15, 0.2) is 4.99 Å². The van der Waals surface area contributed by atoms with E-state index in [4.69, 9.17) is 16.0 Å². The summed E-state index contributed by atoms with van der Waals surface area (Å²) in [7, 11) is -4.37. The van der Waals surface area contributed by atoms with Crippen molar-refractivity contribution < 1.29 is 13.0 Å². The van der Waals surface area contributed by atoms with E-state index in [2.05, 4.69) is 0 Å². The van der Waals surface area contributed by atoms with Crippen LogP contribution in [0.1, 0.15) is 26.7 Å². The average Bonchev–Trinajstić information content (AvgIpc) is 1.87. The van der Waals surface area contributed by atoms with Crippen molar-refractivity contribution in [3.63, 3.8) is 0 Å². The molecule has 0 aromatic carbocycles. The predicted octanol–water partition coefficient (Wildman–Crippen LogP) is -0.118. The summed E-state index contributed by atoms with van der Waals surface area (Å²) < 4.78 is 30.1. The Balaban J connectivity index is 4.83. The van der Waals surface area contributed by atoms with Crippen molar-refractivity contribution in [2.75, 3.05) is 0 Å². The minimum atomic E-state index is -4.37. The summed E-state index contributed by atoms with van der Waals surface area (Å²) in [4.78, 5) is -2.02. The van der Waals surface area contributed by atoms with E-state index in [-0.39, 0.29) is 0 Å². The molecule has 0 saturated heterocycles. The zero-order chi connectivity index (χ0) is 9.99. The van der Waals surface area contributed by atoms with Gasteiger partial charge in [0.2, 0.25) is 0 Å². The minimum Gasteiger partial charge on any atom is -0.298 e. The fraction of sp³-hybridized carbons (Fsp3) is 1.00. The summed E-state index contributed by atoms with van der Waals surface area (Å²) >= 11 is 0. The molecule has 0 aliphatic rings. The Morgan fingerprint density at radius 1 is 1.33 bits per heavy atom. The third kappa shape index (κ3) is 2.16. The predicted molar refractivity (Wildman–Crippen MR) is 46.7 cm³/mol.